The number of hydrogen-bond acceptors (Lipinski definition) is 2. The van der Waals surface area contributed by atoms with E-state index in [2.05, 4.69) is 0 Å². The standard InChI is InChI=1S/C8H14NOP/c1-5(10)8(2,3)6-4-7(9)11-6/h4-5,10H,9H2,1-3H3/t5-/m0/s1. The van der Waals surface area contributed by atoms with E-state index in [9.17, 15) is 5.11 Å². The van der Waals surface area contributed by atoms with Crippen molar-refractivity contribution in [2.45, 2.75) is 26.9 Å². The highest BCUT2D eigenvalue weighted by Gasteiger charge is 2.30. The van der Waals surface area contributed by atoms with Gasteiger partial charge in [-0.1, -0.05) is 22.1 Å². The summed E-state index contributed by atoms with van der Waals surface area (Å²) in [4.78, 5) is 0. The second kappa shape index (κ2) is 2.71. The molecule has 11 heavy (non-hydrogen) atoms. The third-order valence-corrected chi connectivity index (χ3v) is 3.57. The Morgan fingerprint density at radius 3 is 2.36 bits per heavy atom. The summed E-state index contributed by atoms with van der Waals surface area (Å²) in [5.74, 6) is 0. The van der Waals surface area contributed by atoms with Gasteiger partial charge in [0, 0.05) is 10.8 Å². The average molecular weight is 171 g/mol. The number of nitrogens with two attached hydrogens (primary N) is 1. The van der Waals surface area contributed by atoms with Crippen molar-refractivity contribution in [3.05, 3.63) is 11.4 Å². The maximum atomic E-state index is 9.41. The molecule has 0 aromatic rings. The molecule has 0 radical (unpaired) electrons. The smallest absolute Gasteiger partial charge is 0.0606 e. The Morgan fingerprint density at radius 2 is 2.09 bits per heavy atom. The molecular weight excluding hydrogens is 157 g/mol. The van der Waals surface area contributed by atoms with Crippen LogP contribution in [0.5, 0.6) is 0 Å². The van der Waals surface area contributed by atoms with E-state index in [1.54, 1.807) is 0 Å². The monoisotopic (exact) mass is 171 g/mol. The first-order valence-electron chi connectivity index (χ1n) is 3.69. The molecule has 0 spiro atoms. The van der Waals surface area contributed by atoms with Gasteiger partial charge in [0.2, 0.25) is 0 Å². The van der Waals surface area contributed by atoms with Gasteiger partial charge in [-0.3, -0.25) is 5.73 Å². The summed E-state index contributed by atoms with van der Waals surface area (Å²) in [6.07, 6.45) is 1.64. The Hall–Kier alpha value is -0.170. The first kappa shape index (κ1) is 8.92. The summed E-state index contributed by atoms with van der Waals surface area (Å²) < 4.78 is 0. The second-order valence-corrected chi connectivity index (χ2v) is 4.69. The van der Waals surface area contributed by atoms with Gasteiger partial charge < -0.3 is 5.11 Å². The molecule has 1 rings (SSSR count). The lowest BCUT2D eigenvalue weighted by Gasteiger charge is -2.32. The molecule has 0 bridgehead atoms. The van der Waals surface area contributed by atoms with E-state index in [1.165, 1.54) is 5.31 Å². The van der Waals surface area contributed by atoms with Crippen molar-refractivity contribution < 1.29 is 5.11 Å². The minimum atomic E-state index is -0.311. The molecule has 1 aliphatic heterocycles. The van der Waals surface area contributed by atoms with Crippen LogP contribution in [0.15, 0.2) is 11.4 Å². The molecule has 62 valence electrons. The minimum absolute atomic E-state index is 0.121. The van der Waals surface area contributed by atoms with E-state index >= 15 is 0 Å². The highest BCUT2D eigenvalue weighted by molar-refractivity contribution is 7.48. The molecule has 0 saturated carbocycles. The second-order valence-electron chi connectivity index (χ2n) is 3.46. The van der Waals surface area contributed by atoms with E-state index < -0.39 is 0 Å². The lowest BCUT2D eigenvalue weighted by molar-refractivity contribution is 0.0970. The molecule has 0 aromatic carbocycles. The Kier molecular flexibility index (Phi) is 2.19. The van der Waals surface area contributed by atoms with Crippen LogP contribution in [-0.2, 0) is 0 Å². The van der Waals surface area contributed by atoms with Gasteiger partial charge in [0.1, 0.15) is 0 Å². The van der Waals surface area contributed by atoms with Gasteiger partial charge in [-0.05, 0) is 18.3 Å². The summed E-state index contributed by atoms with van der Waals surface area (Å²) >= 11 is 0. The predicted molar refractivity (Wildman–Crippen MR) is 49.7 cm³/mol. The summed E-state index contributed by atoms with van der Waals surface area (Å²) in [7, 11) is 1.09. The van der Waals surface area contributed by atoms with Crippen LogP contribution in [0.3, 0.4) is 0 Å². The Balaban J connectivity index is 2.69. The van der Waals surface area contributed by atoms with Gasteiger partial charge in [-0.2, -0.15) is 0 Å². The van der Waals surface area contributed by atoms with Gasteiger partial charge in [0.05, 0.1) is 6.10 Å². The van der Waals surface area contributed by atoms with E-state index in [4.69, 9.17) is 5.73 Å². The van der Waals surface area contributed by atoms with Crippen LogP contribution in [-0.4, -0.2) is 16.6 Å². The maximum Gasteiger partial charge on any atom is 0.0606 e. The van der Waals surface area contributed by atoms with Crippen molar-refractivity contribution in [3.63, 3.8) is 0 Å². The molecule has 0 aromatic heterocycles. The van der Waals surface area contributed by atoms with Crippen LogP contribution in [0.1, 0.15) is 20.8 Å². The van der Waals surface area contributed by atoms with E-state index in [0.29, 0.717) is 0 Å². The third kappa shape index (κ3) is 1.53. The van der Waals surface area contributed by atoms with Crippen LogP contribution >= 0.6 is 8.20 Å². The molecule has 1 atom stereocenters. The van der Waals surface area contributed by atoms with Gasteiger partial charge in [-0.25, -0.2) is 0 Å². The highest BCUT2D eigenvalue weighted by atomic mass is 31.1. The molecule has 0 fully saturated rings. The maximum absolute atomic E-state index is 9.41. The van der Waals surface area contributed by atoms with Crippen molar-refractivity contribution in [1.82, 2.24) is 0 Å². The summed E-state index contributed by atoms with van der Waals surface area (Å²) in [6, 6.07) is 0. The van der Waals surface area contributed by atoms with E-state index in [0.717, 1.165) is 13.6 Å². The fourth-order valence-electron chi connectivity index (χ4n) is 0.822. The molecule has 1 heterocycles. The Morgan fingerprint density at radius 1 is 1.64 bits per heavy atom. The Labute approximate surface area is 68.9 Å². The van der Waals surface area contributed by atoms with Crippen LogP contribution in [0.4, 0.5) is 0 Å². The summed E-state index contributed by atoms with van der Waals surface area (Å²) in [5.41, 5.74) is 6.29. The van der Waals surface area contributed by atoms with Crippen molar-refractivity contribution in [2.75, 3.05) is 0 Å². The topological polar surface area (TPSA) is 46.2 Å². The van der Waals surface area contributed by atoms with Crippen molar-refractivity contribution in [3.8, 4) is 0 Å². The molecular formula is C8H14NOP. The molecule has 3 N–H and O–H groups in total. The zero-order valence-electron chi connectivity index (χ0n) is 7.13. The van der Waals surface area contributed by atoms with Crippen molar-refractivity contribution in [1.29, 1.82) is 0 Å². The zero-order chi connectivity index (χ0) is 8.65. The minimum Gasteiger partial charge on any atom is -0.392 e. The molecule has 0 unspecified atom stereocenters. The third-order valence-electron chi connectivity index (χ3n) is 2.24. The zero-order valence-corrected chi connectivity index (χ0v) is 8.02. The fourth-order valence-corrected chi connectivity index (χ4v) is 1.77. The number of rotatable bonds is 2. The van der Waals surface area contributed by atoms with Gasteiger partial charge >= 0.3 is 0 Å². The van der Waals surface area contributed by atoms with Crippen LogP contribution < -0.4 is 5.73 Å². The van der Waals surface area contributed by atoms with Crippen LogP contribution in [0, 0.1) is 5.41 Å². The van der Waals surface area contributed by atoms with Gasteiger partial charge in [-0.15, -0.1) is 0 Å². The predicted octanol–water partition coefficient (Wildman–Crippen LogP) is 1.33. The Bertz CT molecular complexity index is 228. The molecule has 0 aliphatic carbocycles. The van der Waals surface area contributed by atoms with E-state index in [1.807, 2.05) is 26.8 Å². The lowest BCUT2D eigenvalue weighted by Crippen LogP contribution is -2.30. The largest absolute Gasteiger partial charge is 0.392 e. The molecule has 0 saturated heterocycles. The highest BCUT2D eigenvalue weighted by Crippen LogP contribution is 2.42. The van der Waals surface area contributed by atoms with Gasteiger partial charge in [0.25, 0.3) is 0 Å². The molecule has 1 aliphatic rings. The quantitative estimate of drug-likeness (QED) is 0.615. The first-order valence-corrected chi connectivity index (χ1v) is 4.58. The number of aliphatic hydroxyl groups excluding tert-OH is 1. The van der Waals surface area contributed by atoms with Crippen LogP contribution in [0.25, 0.3) is 0 Å². The summed E-state index contributed by atoms with van der Waals surface area (Å²) in [6.45, 7) is 5.87. The molecule has 2 nitrogen and oxygen atoms in total. The first-order chi connectivity index (χ1) is 4.94. The number of hydrogen-bond donors (Lipinski definition) is 2. The summed E-state index contributed by atoms with van der Waals surface area (Å²) in [5, 5.41) is 10.6. The van der Waals surface area contributed by atoms with E-state index in [-0.39, 0.29) is 11.5 Å². The average Bonchev–Trinajstić information content (AvgIpc) is 1.80. The lowest BCUT2D eigenvalue weighted by atomic mass is 9.86. The SMILES string of the molecule is C[C@H](O)C(C)(C)C1=CC(N)=P1. The normalized spacial score (nSPS) is 21.5. The van der Waals surface area contributed by atoms with Crippen molar-refractivity contribution >= 4 is 13.6 Å². The van der Waals surface area contributed by atoms with Crippen molar-refractivity contribution in [2.24, 2.45) is 11.1 Å². The fraction of sp³-hybridized carbons (Fsp3) is 0.625. The molecule has 0 amide bonds. The van der Waals surface area contributed by atoms with Gasteiger partial charge in [0.15, 0.2) is 0 Å². The molecule has 3 heteroatoms. The van der Waals surface area contributed by atoms with Crippen LogP contribution in [0.2, 0.25) is 0 Å². The number of aliphatic hydroxyl groups is 1.